The Morgan fingerprint density at radius 2 is 1.72 bits per heavy atom. The van der Waals surface area contributed by atoms with Crippen molar-refractivity contribution in [1.29, 1.82) is 0 Å². The summed E-state index contributed by atoms with van der Waals surface area (Å²) in [6.45, 7) is 5.13. The van der Waals surface area contributed by atoms with E-state index in [0.29, 0.717) is 41.8 Å². The molecular weight excluding hydrogens is 324 g/mol. The molecule has 6 heteroatoms. The summed E-state index contributed by atoms with van der Waals surface area (Å²) in [6.07, 6.45) is 0. The molecule has 2 aromatic rings. The summed E-state index contributed by atoms with van der Waals surface area (Å²) in [7, 11) is 0. The minimum Gasteiger partial charge on any atom is -0.490 e. The van der Waals surface area contributed by atoms with Crippen LogP contribution in [-0.2, 0) is 11.3 Å². The molecular formula is C19H20O6. The Morgan fingerprint density at radius 1 is 0.960 bits per heavy atom. The van der Waals surface area contributed by atoms with Gasteiger partial charge in [-0.1, -0.05) is 6.07 Å². The van der Waals surface area contributed by atoms with E-state index in [1.54, 1.807) is 30.3 Å². The lowest BCUT2D eigenvalue weighted by molar-refractivity contribution is 0.0472. The molecule has 0 aromatic heterocycles. The molecule has 1 aliphatic heterocycles. The first kappa shape index (κ1) is 17.0. The maximum absolute atomic E-state index is 12.3. The van der Waals surface area contributed by atoms with E-state index in [1.807, 2.05) is 19.9 Å². The molecule has 3 rings (SSSR count). The maximum Gasteiger partial charge on any atom is 0.338 e. The van der Waals surface area contributed by atoms with Crippen LogP contribution < -0.4 is 18.9 Å². The van der Waals surface area contributed by atoms with E-state index in [1.165, 1.54) is 0 Å². The van der Waals surface area contributed by atoms with Crippen LogP contribution >= 0.6 is 0 Å². The Kier molecular flexibility index (Phi) is 5.28. The SMILES string of the molecule is CCOc1ccc(C(=O)OCc2ccc3c(c2)OCO3)cc1OCC. The number of carbonyl (C=O) groups excluding carboxylic acids is 1. The maximum atomic E-state index is 12.3. The highest BCUT2D eigenvalue weighted by molar-refractivity contribution is 5.90. The van der Waals surface area contributed by atoms with Crippen LogP contribution in [0.4, 0.5) is 0 Å². The highest BCUT2D eigenvalue weighted by Crippen LogP contribution is 2.33. The first-order valence-electron chi connectivity index (χ1n) is 8.16. The van der Waals surface area contributed by atoms with E-state index in [-0.39, 0.29) is 13.4 Å². The number of hydrogen-bond acceptors (Lipinski definition) is 6. The van der Waals surface area contributed by atoms with Crippen LogP contribution in [0.25, 0.3) is 0 Å². The highest BCUT2D eigenvalue weighted by Gasteiger charge is 2.15. The van der Waals surface area contributed by atoms with Gasteiger partial charge in [-0.2, -0.15) is 0 Å². The van der Waals surface area contributed by atoms with Crippen molar-refractivity contribution in [3.63, 3.8) is 0 Å². The normalized spacial score (nSPS) is 11.9. The number of hydrogen-bond donors (Lipinski definition) is 0. The van der Waals surface area contributed by atoms with Crippen molar-refractivity contribution in [1.82, 2.24) is 0 Å². The lowest BCUT2D eigenvalue weighted by Crippen LogP contribution is -2.07. The monoisotopic (exact) mass is 344 g/mol. The van der Waals surface area contributed by atoms with Gasteiger partial charge in [-0.25, -0.2) is 4.79 Å². The topological polar surface area (TPSA) is 63.2 Å². The Hall–Kier alpha value is -2.89. The Morgan fingerprint density at radius 3 is 2.52 bits per heavy atom. The molecule has 0 atom stereocenters. The van der Waals surface area contributed by atoms with Crippen LogP contribution in [-0.4, -0.2) is 26.0 Å². The van der Waals surface area contributed by atoms with Crippen LogP contribution in [0.3, 0.4) is 0 Å². The van der Waals surface area contributed by atoms with Gasteiger partial charge in [-0.05, 0) is 49.7 Å². The average molecular weight is 344 g/mol. The van der Waals surface area contributed by atoms with E-state index in [2.05, 4.69) is 0 Å². The zero-order valence-electron chi connectivity index (χ0n) is 14.2. The van der Waals surface area contributed by atoms with Crippen molar-refractivity contribution in [2.45, 2.75) is 20.5 Å². The van der Waals surface area contributed by atoms with Gasteiger partial charge in [0.1, 0.15) is 6.61 Å². The fraction of sp³-hybridized carbons (Fsp3) is 0.316. The molecule has 6 nitrogen and oxygen atoms in total. The molecule has 0 bridgehead atoms. The smallest absolute Gasteiger partial charge is 0.338 e. The fourth-order valence-electron chi connectivity index (χ4n) is 2.44. The molecule has 0 radical (unpaired) electrons. The molecule has 0 unspecified atom stereocenters. The molecule has 132 valence electrons. The fourth-order valence-corrected chi connectivity index (χ4v) is 2.44. The molecule has 25 heavy (non-hydrogen) atoms. The van der Waals surface area contributed by atoms with Gasteiger partial charge < -0.3 is 23.7 Å². The molecule has 0 N–H and O–H groups in total. The summed E-state index contributed by atoms with van der Waals surface area (Å²) >= 11 is 0. The quantitative estimate of drug-likeness (QED) is 0.716. The van der Waals surface area contributed by atoms with Crippen molar-refractivity contribution < 1.29 is 28.5 Å². The van der Waals surface area contributed by atoms with Crippen molar-refractivity contribution in [3.8, 4) is 23.0 Å². The molecule has 0 fully saturated rings. The lowest BCUT2D eigenvalue weighted by Gasteiger charge is -2.12. The number of fused-ring (bicyclic) bond motifs is 1. The molecule has 0 aliphatic carbocycles. The first-order valence-corrected chi connectivity index (χ1v) is 8.16. The molecule has 0 spiro atoms. The predicted molar refractivity (Wildman–Crippen MR) is 90.5 cm³/mol. The molecule has 1 heterocycles. The second-order valence-corrected chi connectivity index (χ2v) is 5.29. The van der Waals surface area contributed by atoms with Crippen LogP contribution in [0.2, 0.25) is 0 Å². The van der Waals surface area contributed by atoms with Crippen LogP contribution in [0.15, 0.2) is 36.4 Å². The third-order valence-electron chi connectivity index (χ3n) is 3.59. The summed E-state index contributed by atoms with van der Waals surface area (Å²) in [5.74, 6) is 2.07. The van der Waals surface area contributed by atoms with E-state index in [4.69, 9.17) is 23.7 Å². The van der Waals surface area contributed by atoms with Gasteiger partial charge in [0.15, 0.2) is 23.0 Å². The summed E-state index contributed by atoms with van der Waals surface area (Å²) < 4.78 is 27.0. The highest BCUT2D eigenvalue weighted by atomic mass is 16.7. The summed E-state index contributed by atoms with van der Waals surface area (Å²) in [5, 5.41) is 0. The first-order chi connectivity index (χ1) is 12.2. The van der Waals surface area contributed by atoms with Gasteiger partial charge in [0.25, 0.3) is 0 Å². The van der Waals surface area contributed by atoms with Crippen molar-refractivity contribution in [2.75, 3.05) is 20.0 Å². The van der Waals surface area contributed by atoms with E-state index in [9.17, 15) is 4.79 Å². The van der Waals surface area contributed by atoms with Crippen molar-refractivity contribution in [3.05, 3.63) is 47.5 Å². The minimum absolute atomic E-state index is 0.145. The van der Waals surface area contributed by atoms with Crippen molar-refractivity contribution in [2.24, 2.45) is 0 Å². The Labute approximate surface area is 146 Å². The number of rotatable bonds is 7. The van der Waals surface area contributed by atoms with E-state index in [0.717, 1.165) is 5.56 Å². The van der Waals surface area contributed by atoms with Crippen LogP contribution in [0.1, 0.15) is 29.8 Å². The standard InChI is InChI=1S/C19H20O6/c1-3-21-15-8-6-14(10-18(15)22-4-2)19(20)23-11-13-5-7-16-17(9-13)25-12-24-16/h5-10H,3-4,11-12H2,1-2H3. The molecule has 1 aliphatic rings. The molecule has 2 aromatic carbocycles. The zero-order valence-corrected chi connectivity index (χ0v) is 14.2. The van der Waals surface area contributed by atoms with E-state index >= 15 is 0 Å². The number of carbonyl (C=O) groups is 1. The zero-order chi connectivity index (χ0) is 17.6. The molecule has 0 saturated carbocycles. The summed E-state index contributed by atoms with van der Waals surface area (Å²) in [5.41, 5.74) is 1.24. The van der Waals surface area contributed by atoms with Gasteiger partial charge in [0.2, 0.25) is 6.79 Å². The number of ether oxygens (including phenoxy) is 5. The Balaban J connectivity index is 1.67. The second kappa shape index (κ2) is 7.79. The predicted octanol–water partition coefficient (Wildman–Crippen LogP) is 3.57. The third kappa shape index (κ3) is 3.96. The summed E-state index contributed by atoms with van der Waals surface area (Å²) in [4.78, 5) is 12.3. The van der Waals surface area contributed by atoms with E-state index < -0.39 is 5.97 Å². The minimum atomic E-state index is -0.429. The van der Waals surface area contributed by atoms with Crippen LogP contribution in [0, 0.1) is 0 Å². The molecule has 0 saturated heterocycles. The third-order valence-corrected chi connectivity index (χ3v) is 3.59. The number of esters is 1. The van der Waals surface area contributed by atoms with Gasteiger partial charge in [-0.3, -0.25) is 0 Å². The molecule has 0 amide bonds. The van der Waals surface area contributed by atoms with Gasteiger partial charge in [0, 0.05) is 0 Å². The summed E-state index contributed by atoms with van der Waals surface area (Å²) in [6, 6.07) is 10.5. The lowest BCUT2D eigenvalue weighted by atomic mass is 10.2. The van der Waals surface area contributed by atoms with Gasteiger partial charge >= 0.3 is 5.97 Å². The largest absolute Gasteiger partial charge is 0.490 e. The second-order valence-electron chi connectivity index (χ2n) is 5.29. The van der Waals surface area contributed by atoms with Gasteiger partial charge in [-0.15, -0.1) is 0 Å². The number of benzene rings is 2. The van der Waals surface area contributed by atoms with Gasteiger partial charge in [0.05, 0.1) is 18.8 Å². The average Bonchev–Trinajstić information content (AvgIpc) is 3.09. The van der Waals surface area contributed by atoms with Crippen molar-refractivity contribution >= 4 is 5.97 Å². The Bertz CT molecular complexity index is 756. The van der Waals surface area contributed by atoms with Crippen LogP contribution in [0.5, 0.6) is 23.0 Å².